The lowest BCUT2D eigenvalue weighted by Gasteiger charge is -2.03. The van der Waals surface area contributed by atoms with Crippen LogP contribution in [-0.2, 0) is 20.1 Å². The zero-order chi connectivity index (χ0) is 13.8. The van der Waals surface area contributed by atoms with Crippen molar-refractivity contribution in [2.75, 3.05) is 5.32 Å². The van der Waals surface area contributed by atoms with E-state index in [0.29, 0.717) is 6.54 Å². The topological polar surface area (TPSA) is 60.6 Å². The highest BCUT2D eigenvalue weighted by molar-refractivity contribution is 5.38. The number of hydrogen-bond acceptors (Lipinski definition) is 4. The normalized spacial score (nSPS) is 10.7. The predicted molar refractivity (Wildman–Crippen MR) is 76.1 cm³/mol. The first-order valence-electron chi connectivity index (χ1n) is 6.45. The third kappa shape index (κ3) is 2.85. The molecule has 0 aliphatic rings. The third-order valence-corrected chi connectivity index (χ3v) is 3.10. The molecule has 1 aromatic carbocycles. The molecule has 6 heteroatoms. The molecule has 0 aliphatic heterocycles. The number of nitrogens with zero attached hydrogens (tertiary/aromatic N) is 5. The van der Waals surface area contributed by atoms with Crippen molar-refractivity contribution in [3.05, 3.63) is 60.2 Å². The Morgan fingerprint density at radius 3 is 2.75 bits per heavy atom. The maximum absolute atomic E-state index is 4.35. The standard InChI is InChI=1S/C14H16N6/c1-19-14(9-16-18-19)8-15-13-7-17-20(11-13)10-12-5-3-2-4-6-12/h2-7,9,11,15H,8,10H2,1H3. The van der Waals surface area contributed by atoms with Crippen LogP contribution in [0.4, 0.5) is 5.69 Å². The van der Waals surface area contributed by atoms with Gasteiger partial charge in [-0.1, -0.05) is 35.5 Å². The number of benzene rings is 1. The van der Waals surface area contributed by atoms with Gasteiger partial charge in [0, 0.05) is 13.2 Å². The van der Waals surface area contributed by atoms with Crippen LogP contribution in [0.3, 0.4) is 0 Å². The second-order valence-electron chi connectivity index (χ2n) is 4.61. The van der Waals surface area contributed by atoms with Gasteiger partial charge in [0.15, 0.2) is 0 Å². The van der Waals surface area contributed by atoms with E-state index in [0.717, 1.165) is 17.9 Å². The fourth-order valence-electron chi connectivity index (χ4n) is 1.98. The summed E-state index contributed by atoms with van der Waals surface area (Å²) in [5, 5.41) is 15.4. The van der Waals surface area contributed by atoms with E-state index in [-0.39, 0.29) is 0 Å². The second kappa shape index (κ2) is 5.56. The molecule has 0 spiro atoms. The summed E-state index contributed by atoms with van der Waals surface area (Å²) in [6.45, 7) is 1.45. The van der Waals surface area contributed by atoms with Crippen molar-refractivity contribution in [2.24, 2.45) is 7.05 Å². The van der Waals surface area contributed by atoms with Crippen molar-refractivity contribution in [3.63, 3.8) is 0 Å². The van der Waals surface area contributed by atoms with Crippen molar-refractivity contribution in [1.29, 1.82) is 0 Å². The van der Waals surface area contributed by atoms with Crippen LogP contribution in [-0.4, -0.2) is 24.8 Å². The summed E-state index contributed by atoms with van der Waals surface area (Å²) in [6, 6.07) is 10.3. The van der Waals surface area contributed by atoms with Crippen LogP contribution in [0.1, 0.15) is 11.3 Å². The highest BCUT2D eigenvalue weighted by Crippen LogP contribution is 2.09. The number of aromatic nitrogens is 5. The Morgan fingerprint density at radius 1 is 1.15 bits per heavy atom. The van der Waals surface area contributed by atoms with E-state index in [9.17, 15) is 0 Å². The number of hydrogen-bond donors (Lipinski definition) is 1. The van der Waals surface area contributed by atoms with E-state index < -0.39 is 0 Å². The van der Waals surface area contributed by atoms with Gasteiger partial charge in [-0.2, -0.15) is 5.10 Å². The van der Waals surface area contributed by atoms with Gasteiger partial charge < -0.3 is 5.32 Å². The van der Waals surface area contributed by atoms with E-state index >= 15 is 0 Å². The summed E-state index contributed by atoms with van der Waals surface area (Å²) < 4.78 is 3.67. The van der Waals surface area contributed by atoms with Gasteiger partial charge in [-0.15, -0.1) is 5.10 Å². The largest absolute Gasteiger partial charge is 0.377 e. The number of rotatable bonds is 5. The van der Waals surface area contributed by atoms with E-state index in [1.54, 1.807) is 10.9 Å². The molecule has 3 rings (SSSR count). The Bertz CT molecular complexity index is 670. The Labute approximate surface area is 117 Å². The molecule has 0 unspecified atom stereocenters. The van der Waals surface area contributed by atoms with Crippen LogP contribution >= 0.6 is 0 Å². The summed E-state index contributed by atoms with van der Waals surface area (Å²) in [6.07, 6.45) is 5.57. The zero-order valence-corrected chi connectivity index (χ0v) is 11.3. The van der Waals surface area contributed by atoms with Crippen LogP contribution in [0.15, 0.2) is 48.9 Å². The predicted octanol–water partition coefficient (Wildman–Crippen LogP) is 1.67. The molecular formula is C14H16N6. The Hall–Kier alpha value is -2.63. The van der Waals surface area contributed by atoms with E-state index in [1.165, 1.54) is 5.56 Å². The van der Waals surface area contributed by atoms with Crippen molar-refractivity contribution in [2.45, 2.75) is 13.1 Å². The lowest BCUT2D eigenvalue weighted by molar-refractivity contribution is 0.682. The molecule has 1 N–H and O–H groups in total. The van der Waals surface area contributed by atoms with Crippen LogP contribution in [0.2, 0.25) is 0 Å². The van der Waals surface area contributed by atoms with Gasteiger partial charge in [-0.3, -0.25) is 9.36 Å². The fraction of sp³-hybridized carbons (Fsp3) is 0.214. The van der Waals surface area contributed by atoms with E-state index in [2.05, 4.69) is 32.9 Å². The highest BCUT2D eigenvalue weighted by Gasteiger charge is 2.02. The summed E-state index contributed by atoms with van der Waals surface area (Å²) in [7, 11) is 1.88. The molecule has 0 bridgehead atoms. The molecule has 0 aliphatic carbocycles. The molecule has 0 atom stereocenters. The molecule has 0 saturated heterocycles. The molecule has 2 aromatic heterocycles. The molecule has 0 radical (unpaired) electrons. The Kier molecular flexibility index (Phi) is 3.45. The average Bonchev–Trinajstić information content (AvgIpc) is 3.07. The summed E-state index contributed by atoms with van der Waals surface area (Å²) >= 11 is 0. The SMILES string of the molecule is Cn1nncc1CNc1cnn(Cc2ccccc2)c1. The van der Waals surface area contributed by atoms with E-state index in [1.807, 2.05) is 42.3 Å². The van der Waals surface area contributed by atoms with Gasteiger partial charge in [0.05, 0.1) is 36.9 Å². The quantitative estimate of drug-likeness (QED) is 0.764. The van der Waals surface area contributed by atoms with Crippen molar-refractivity contribution < 1.29 is 0 Å². The minimum absolute atomic E-state index is 0.681. The molecule has 2 heterocycles. The van der Waals surface area contributed by atoms with Crippen molar-refractivity contribution in [1.82, 2.24) is 24.8 Å². The first kappa shape index (κ1) is 12.4. The average molecular weight is 268 g/mol. The molecule has 0 amide bonds. The number of anilines is 1. The van der Waals surface area contributed by atoms with E-state index in [4.69, 9.17) is 0 Å². The van der Waals surface area contributed by atoms with Crippen LogP contribution in [0, 0.1) is 0 Å². The van der Waals surface area contributed by atoms with Gasteiger partial charge in [0.1, 0.15) is 0 Å². The van der Waals surface area contributed by atoms with Gasteiger partial charge in [0.2, 0.25) is 0 Å². The highest BCUT2D eigenvalue weighted by atomic mass is 15.4. The molecule has 0 fully saturated rings. The number of aryl methyl sites for hydroxylation is 1. The Balaban J connectivity index is 1.61. The fourth-order valence-corrected chi connectivity index (χ4v) is 1.98. The van der Waals surface area contributed by atoms with Crippen LogP contribution in [0.5, 0.6) is 0 Å². The van der Waals surface area contributed by atoms with Gasteiger partial charge in [0.25, 0.3) is 0 Å². The van der Waals surface area contributed by atoms with Crippen molar-refractivity contribution >= 4 is 5.69 Å². The lowest BCUT2D eigenvalue weighted by Crippen LogP contribution is -2.05. The molecular weight excluding hydrogens is 252 g/mol. The summed E-state index contributed by atoms with van der Waals surface area (Å²) in [5.74, 6) is 0. The molecule has 3 aromatic rings. The summed E-state index contributed by atoms with van der Waals surface area (Å²) in [4.78, 5) is 0. The summed E-state index contributed by atoms with van der Waals surface area (Å²) in [5.41, 5.74) is 3.25. The van der Waals surface area contributed by atoms with Gasteiger partial charge >= 0.3 is 0 Å². The number of nitrogens with one attached hydrogen (secondary N) is 1. The van der Waals surface area contributed by atoms with Crippen LogP contribution < -0.4 is 5.32 Å². The molecule has 6 nitrogen and oxygen atoms in total. The van der Waals surface area contributed by atoms with Gasteiger partial charge in [-0.05, 0) is 5.56 Å². The third-order valence-electron chi connectivity index (χ3n) is 3.10. The maximum atomic E-state index is 4.35. The second-order valence-corrected chi connectivity index (χ2v) is 4.61. The molecule has 20 heavy (non-hydrogen) atoms. The monoisotopic (exact) mass is 268 g/mol. The minimum Gasteiger partial charge on any atom is -0.377 e. The smallest absolute Gasteiger partial charge is 0.0774 e. The zero-order valence-electron chi connectivity index (χ0n) is 11.3. The molecule has 102 valence electrons. The van der Waals surface area contributed by atoms with Crippen molar-refractivity contribution in [3.8, 4) is 0 Å². The first-order valence-corrected chi connectivity index (χ1v) is 6.45. The maximum Gasteiger partial charge on any atom is 0.0774 e. The lowest BCUT2D eigenvalue weighted by atomic mass is 10.2. The first-order chi connectivity index (χ1) is 9.81. The van der Waals surface area contributed by atoms with Gasteiger partial charge in [-0.25, -0.2) is 0 Å². The Morgan fingerprint density at radius 2 is 2.00 bits per heavy atom. The van der Waals surface area contributed by atoms with Crippen LogP contribution in [0.25, 0.3) is 0 Å². The molecule has 0 saturated carbocycles. The minimum atomic E-state index is 0.681.